The Balaban J connectivity index is 5.32. The molecule has 1 unspecified atom stereocenters. The maximum atomic E-state index is 13.0. The number of aliphatic imine (C=N–C) groups is 1. The van der Waals surface area contributed by atoms with E-state index >= 15 is 0 Å². The summed E-state index contributed by atoms with van der Waals surface area (Å²) in [5.41, 5.74) is 9.56. The summed E-state index contributed by atoms with van der Waals surface area (Å²) >= 11 is 0. The highest BCUT2D eigenvalue weighted by atomic mass is 16.2. The molecule has 27 heavy (non-hydrogen) atoms. The molecule has 0 rings (SSSR count). The van der Waals surface area contributed by atoms with E-state index in [1.807, 2.05) is 13.8 Å². The van der Waals surface area contributed by atoms with Gasteiger partial charge in [0, 0.05) is 26.6 Å². The minimum absolute atomic E-state index is 0.0121. The fourth-order valence-electron chi connectivity index (χ4n) is 2.55. The third-order valence-electron chi connectivity index (χ3n) is 4.52. The SMILES string of the molecule is CCC(CC)(NC(=O)C(C)C)C(=O)NC(CCCN=C(N)N)C(=O)N(C)C. The topological polar surface area (TPSA) is 143 Å². The Bertz CT molecular complexity index is 537. The van der Waals surface area contributed by atoms with E-state index in [9.17, 15) is 14.4 Å². The lowest BCUT2D eigenvalue weighted by molar-refractivity contribution is -0.139. The zero-order valence-electron chi connectivity index (χ0n) is 17.5. The molecule has 0 fully saturated rings. The van der Waals surface area contributed by atoms with Crippen LogP contribution in [0, 0.1) is 5.92 Å². The summed E-state index contributed by atoms with van der Waals surface area (Å²) in [5, 5.41) is 5.67. The molecular weight excluding hydrogens is 348 g/mol. The number of nitrogens with zero attached hydrogens (tertiary/aromatic N) is 2. The highest BCUT2D eigenvalue weighted by molar-refractivity contribution is 5.95. The van der Waals surface area contributed by atoms with Crippen LogP contribution in [0.2, 0.25) is 0 Å². The summed E-state index contributed by atoms with van der Waals surface area (Å²) in [6, 6.07) is -0.713. The predicted molar refractivity (Wildman–Crippen MR) is 107 cm³/mol. The number of carbonyl (C=O) groups excluding carboxylic acids is 3. The monoisotopic (exact) mass is 384 g/mol. The van der Waals surface area contributed by atoms with Gasteiger partial charge in [0.1, 0.15) is 11.6 Å². The molecule has 0 heterocycles. The van der Waals surface area contributed by atoms with E-state index < -0.39 is 11.6 Å². The molecule has 0 aromatic heterocycles. The lowest BCUT2D eigenvalue weighted by Gasteiger charge is -2.34. The van der Waals surface area contributed by atoms with Crippen molar-refractivity contribution in [2.75, 3.05) is 20.6 Å². The van der Waals surface area contributed by atoms with E-state index in [2.05, 4.69) is 15.6 Å². The molecule has 0 saturated heterocycles. The second kappa shape index (κ2) is 11.4. The van der Waals surface area contributed by atoms with E-state index in [1.54, 1.807) is 27.9 Å². The average Bonchev–Trinajstić information content (AvgIpc) is 2.60. The first kappa shape index (κ1) is 24.7. The van der Waals surface area contributed by atoms with Crippen LogP contribution in [0.5, 0.6) is 0 Å². The second-order valence-corrected chi connectivity index (χ2v) is 7.14. The number of amides is 3. The Morgan fingerprint density at radius 3 is 2.07 bits per heavy atom. The summed E-state index contributed by atoms with van der Waals surface area (Å²) in [7, 11) is 3.26. The molecule has 0 aliphatic rings. The number of hydrogen-bond acceptors (Lipinski definition) is 4. The lowest BCUT2D eigenvalue weighted by atomic mass is 9.90. The minimum Gasteiger partial charge on any atom is -0.370 e. The van der Waals surface area contributed by atoms with Crippen LogP contribution in [0.15, 0.2) is 4.99 Å². The molecule has 0 spiro atoms. The van der Waals surface area contributed by atoms with E-state index in [1.165, 1.54) is 4.90 Å². The van der Waals surface area contributed by atoms with Gasteiger partial charge < -0.3 is 27.0 Å². The largest absolute Gasteiger partial charge is 0.370 e. The van der Waals surface area contributed by atoms with Gasteiger partial charge in [0.15, 0.2) is 5.96 Å². The average molecular weight is 385 g/mol. The van der Waals surface area contributed by atoms with Gasteiger partial charge in [-0.15, -0.1) is 0 Å². The van der Waals surface area contributed by atoms with Gasteiger partial charge in [-0.3, -0.25) is 19.4 Å². The molecule has 1 atom stereocenters. The van der Waals surface area contributed by atoms with Gasteiger partial charge in [0.2, 0.25) is 17.7 Å². The van der Waals surface area contributed by atoms with E-state index in [0.717, 1.165) is 0 Å². The van der Waals surface area contributed by atoms with Crippen LogP contribution in [0.3, 0.4) is 0 Å². The minimum atomic E-state index is -1.05. The highest BCUT2D eigenvalue weighted by Gasteiger charge is 2.38. The normalized spacial score (nSPS) is 12.3. The Morgan fingerprint density at radius 1 is 1.11 bits per heavy atom. The maximum absolute atomic E-state index is 13.0. The molecule has 9 heteroatoms. The number of carbonyl (C=O) groups is 3. The molecule has 0 aliphatic heterocycles. The summed E-state index contributed by atoms with van der Waals surface area (Å²) in [4.78, 5) is 43.0. The molecule has 156 valence electrons. The van der Waals surface area contributed by atoms with Crippen molar-refractivity contribution in [3.63, 3.8) is 0 Å². The predicted octanol–water partition coefficient (Wildman–Crippen LogP) is -0.0560. The smallest absolute Gasteiger partial charge is 0.246 e. The first-order valence-electron chi connectivity index (χ1n) is 9.40. The van der Waals surface area contributed by atoms with Crippen molar-refractivity contribution in [3.8, 4) is 0 Å². The summed E-state index contributed by atoms with van der Waals surface area (Å²) in [6.45, 7) is 7.58. The molecule has 0 aliphatic carbocycles. The van der Waals surface area contributed by atoms with Crippen molar-refractivity contribution in [2.45, 2.75) is 65.0 Å². The lowest BCUT2D eigenvalue weighted by Crippen LogP contribution is -2.61. The summed E-state index contributed by atoms with van der Waals surface area (Å²) in [6.07, 6.45) is 1.77. The molecule has 0 aromatic carbocycles. The van der Waals surface area contributed by atoms with Crippen molar-refractivity contribution in [1.29, 1.82) is 0 Å². The molecule has 0 saturated carbocycles. The fourth-order valence-corrected chi connectivity index (χ4v) is 2.55. The van der Waals surface area contributed by atoms with Crippen molar-refractivity contribution < 1.29 is 14.4 Å². The van der Waals surface area contributed by atoms with Gasteiger partial charge in [-0.2, -0.15) is 0 Å². The van der Waals surface area contributed by atoms with Gasteiger partial charge in [-0.25, -0.2) is 0 Å². The Morgan fingerprint density at radius 2 is 1.67 bits per heavy atom. The Hall–Kier alpha value is -2.32. The van der Waals surface area contributed by atoms with Crippen LogP contribution < -0.4 is 22.1 Å². The van der Waals surface area contributed by atoms with Gasteiger partial charge >= 0.3 is 0 Å². The van der Waals surface area contributed by atoms with E-state index in [4.69, 9.17) is 11.5 Å². The molecule has 0 radical (unpaired) electrons. The third kappa shape index (κ3) is 7.84. The molecule has 0 aromatic rings. The summed E-state index contributed by atoms with van der Waals surface area (Å²) < 4.78 is 0. The number of guanidine groups is 1. The van der Waals surface area contributed by atoms with Crippen molar-refractivity contribution >= 4 is 23.7 Å². The number of hydrogen-bond donors (Lipinski definition) is 4. The molecular formula is C18H36N6O3. The zero-order chi connectivity index (χ0) is 21.2. The van der Waals surface area contributed by atoms with E-state index in [-0.39, 0.29) is 29.6 Å². The van der Waals surface area contributed by atoms with Crippen LogP contribution >= 0.6 is 0 Å². The van der Waals surface area contributed by atoms with Crippen LogP contribution in [0.25, 0.3) is 0 Å². The first-order chi connectivity index (χ1) is 12.5. The van der Waals surface area contributed by atoms with Crippen molar-refractivity contribution in [2.24, 2.45) is 22.4 Å². The van der Waals surface area contributed by atoms with Gasteiger partial charge in [0.05, 0.1) is 0 Å². The van der Waals surface area contributed by atoms with Crippen LogP contribution in [0.1, 0.15) is 53.4 Å². The second-order valence-electron chi connectivity index (χ2n) is 7.14. The van der Waals surface area contributed by atoms with Crippen LogP contribution in [-0.4, -0.2) is 60.8 Å². The molecule has 9 nitrogen and oxygen atoms in total. The molecule has 6 N–H and O–H groups in total. The zero-order valence-corrected chi connectivity index (χ0v) is 17.5. The highest BCUT2D eigenvalue weighted by Crippen LogP contribution is 2.18. The van der Waals surface area contributed by atoms with Crippen LogP contribution in [0.4, 0.5) is 0 Å². The van der Waals surface area contributed by atoms with Gasteiger partial charge in [-0.05, 0) is 25.7 Å². The van der Waals surface area contributed by atoms with Crippen molar-refractivity contribution in [1.82, 2.24) is 15.5 Å². The quantitative estimate of drug-likeness (QED) is 0.224. The van der Waals surface area contributed by atoms with Crippen molar-refractivity contribution in [3.05, 3.63) is 0 Å². The van der Waals surface area contributed by atoms with Gasteiger partial charge in [0.25, 0.3) is 0 Å². The van der Waals surface area contributed by atoms with Gasteiger partial charge in [-0.1, -0.05) is 27.7 Å². The third-order valence-corrected chi connectivity index (χ3v) is 4.52. The Kier molecular flexibility index (Phi) is 10.4. The van der Waals surface area contributed by atoms with Crippen LogP contribution in [-0.2, 0) is 14.4 Å². The fraction of sp³-hybridized carbons (Fsp3) is 0.778. The maximum Gasteiger partial charge on any atom is 0.246 e. The molecule has 3 amide bonds. The number of nitrogens with two attached hydrogens (primary N) is 2. The Labute approximate surface area is 162 Å². The standard InChI is InChI=1S/C18H36N6O3/c1-7-18(8-2,23-14(25)12(3)4)16(27)22-13(15(26)24(5)6)10-9-11-21-17(19)20/h12-13H,7-11H2,1-6H3,(H,22,27)(H,23,25)(H4,19,20,21). The number of rotatable bonds is 11. The number of likely N-dealkylation sites (N-methyl/N-ethyl adjacent to an activating group) is 1. The summed E-state index contributed by atoms with van der Waals surface area (Å²) in [5.74, 6) is -1.03. The first-order valence-corrected chi connectivity index (χ1v) is 9.40. The van der Waals surface area contributed by atoms with E-state index in [0.29, 0.717) is 32.2 Å². The number of nitrogens with one attached hydrogen (secondary N) is 2. The molecule has 0 bridgehead atoms.